The van der Waals surface area contributed by atoms with Crippen LogP contribution in [-0.4, -0.2) is 23.7 Å². The van der Waals surface area contributed by atoms with Gasteiger partial charge in [0.05, 0.1) is 11.9 Å². The molecule has 1 atom stereocenters. The summed E-state index contributed by atoms with van der Waals surface area (Å²) in [4.78, 5) is 20.9. The molecule has 0 rings (SSSR count). The van der Waals surface area contributed by atoms with Crippen LogP contribution < -0.4 is 0 Å². The van der Waals surface area contributed by atoms with E-state index in [0.29, 0.717) is 6.42 Å². The average molecular weight is 209 g/mol. The molecule has 0 saturated carbocycles. The second-order valence-electron chi connectivity index (χ2n) is 1.73. The maximum Gasteiger partial charge on any atom is 0.375 e. The Labute approximate surface area is 67.9 Å². The lowest BCUT2D eigenvalue weighted by molar-refractivity contribution is -0.151. The maximum atomic E-state index is 10.8. The Morgan fingerprint density at radius 1 is 1.60 bits per heavy atom. The second kappa shape index (κ2) is 4.44. The number of ketones is 1. The van der Waals surface area contributed by atoms with Gasteiger partial charge in [-0.25, -0.2) is 4.79 Å². The number of hydrogen-bond donors (Lipinski definition) is 0. The summed E-state index contributed by atoms with van der Waals surface area (Å²) >= 11 is 3.03. The number of carbonyl (C=O) groups excluding carboxylic acids is 2. The normalized spacial score (nSPS) is 12.3. The Bertz CT molecular complexity index is 144. The molecule has 10 heavy (non-hydrogen) atoms. The number of ether oxygens (including phenoxy) is 1. The zero-order valence-corrected chi connectivity index (χ0v) is 7.47. The van der Waals surface area contributed by atoms with Crippen LogP contribution in [0.5, 0.6) is 0 Å². The second-order valence-corrected chi connectivity index (χ2v) is 2.84. The molecule has 0 aromatic heterocycles. The van der Waals surface area contributed by atoms with E-state index in [1.807, 2.05) is 0 Å². The summed E-state index contributed by atoms with van der Waals surface area (Å²) in [5.41, 5.74) is 0. The van der Waals surface area contributed by atoms with Gasteiger partial charge in [0, 0.05) is 0 Å². The molecule has 0 amide bonds. The number of hydrogen-bond acceptors (Lipinski definition) is 3. The zero-order chi connectivity index (χ0) is 8.15. The summed E-state index contributed by atoms with van der Waals surface area (Å²) in [6.45, 7) is 1.81. The van der Waals surface area contributed by atoms with E-state index in [0.717, 1.165) is 0 Å². The lowest BCUT2D eigenvalue weighted by Gasteiger charge is -2.01. The minimum Gasteiger partial charge on any atom is -0.463 e. The van der Waals surface area contributed by atoms with Gasteiger partial charge in [0.1, 0.15) is 0 Å². The predicted molar refractivity (Wildman–Crippen MR) is 40.0 cm³/mol. The van der Waals surface area contributed by atoms with Crippen molar-refractivity contribution in [3.05, 3.63) is 0 Å². The number of halogens is 1. The Morgan fingerprint density at radius 2 is 2.10 bits per heavy atom. The van der Waals surface area contributed by atoms with Gasteiger partial charge in [-0.05, 0) is 6.42 Å². The number of alkyl halides is 1. The van der Waals surface area contributed by atoms with Crippen molar-refractivity contribution in [3.8, 4) is 0 Å². The molecule has 1 unspecified atom stereocenters. The lowest BCUT2D eigenvalue weighted by Crippen LogP contribution is -2.24. The van der Waals surface area contributed by atoms with Crippen LogP contribution in [0.3, 0.4) is 0 Å². The van der Waals surface area contributed by atoms with Crippen molar-refractivity contribution < 1.29 is 14.3 Å². The van der Waals surface area contributed by atoms with Crippen molar-refractivity contribution in [2.24, 2.45) is 0 Å². The molecule has 0 saturated heterocycles. The molecular weight excluding hydrogens is 200 g/mol. The standard InChI is InChI=1S/C6H9BrO3/c1-3-4(7)5(8)6(9)10-2/h4H,3H2,1-2H3. The molecule has 0 aliphatic carbocycles. The Kier molecular flexibility index (Phi) is 4.27. The van der Waals surface area contributed by atoms with Gasteiger partial charge in [0.25, 0.3) is 5.78 Å². The number of esters is 1. The summed E-state index contributed by atoms with van der Waals surface area (Å²) in [6.07, 6.45) is 0.591. The monoisotopic (exact) mass is 208 g/mol. The number of carbonyl (C=O) groups is 2. The minimum absolute atomic E-state index is 0.403. The highest BCUT2D eigenvalue weighted by molar-refractivity contribution is 9.10. The molecule has 0 aromatic rings. The maximum absolute atomic E-state index is 10.8. The number of methoxy groups -OCH3 is 1. The van der Waals surface area contributed by atoms with E-state index < -0.39 is 16.6 Å². The molecule has 0 fully saturated rings. The molecule has 4 heteroatoms. The molecule has 0 aliphatic heterocycles. The predicted octanol–water partition coefficient (Wildman–Crippen LogP) is 0.902. The highest BCUT2D eigenvalue weighted by Gasteiger charge is 2.21. The van der Waals surface area contributed by atoms with Crippen molar-refractivity contribution in [2.45, 2.75) is 18.2 Å². The molecular formula is C6H9BrO3. The van der Waals surface area contributed by atoms with Crippen LogP contribution in [0.1, 0.15) is 13.3 Å². The Hall–Kier alpha value is -0.380. The number of rotatable bonds is 3. The molecule has 0 aromatic carbocycles. The van der Waals surface area contributed by atoms with Crippen molar-refractivity contribution in [2.75, 3.05) is 7.11 Å². The first-order chi connectivity index (χ1) is 4.63. The highest BCUT2D eigenvalue weighted by Crippen LogP contribution is 2.05. The first-order valence-electron chi connectivity index (χ1n) is 2.89. The van der Waals surface area contributed by atoms with E-state index >= 15 is 0 Å². The molecule has 0 N–H and O–H groups in total. The summed E-state index contributed by atoms with van der Waals surface area (Å²) in [5.74, 6) is -1.31. The lowest BCUT2D eigenvalue weighted by atomic mass is 10.2. The van der Waals surface area contributed by atoms with E-state index in [1.165, 1.54) is 7.11 Å². The highest BCUT2D eigenvalue weighted by atomic mass is 79.9. The largest absolute Gasteiger partial charge is 0.463 e. The number of Topliss-reactive ketones (excluding diaryl/α,β-unsaturated/α-hetero) is 1. The van der Waals surface area contributed by atoms with E-state index in [1.54, 1.807) is 6.92 Å². The zero-order valence-electron chi connectivity index (χ0n) is 5.89. The molecule has 0 aliphatic rings. The van der Waals surface area contributed by atoms with Crippen LogP contribution in [0.4, 0.5) is 0 Å². The Morgan fingerprint density at radius 3 is 2.40 bits per heavy atom. The summed E-state index contributed by atoms with van der Waals surface area (Å²) < 4.78 is 4.22. The van der Waals surface area contributed by atoms with E-state index in [4.69, 9.17) is 0 Å². The first kappa shape index (κ1) is 9.62. The average Bonchev–Trinajstić information content (AvgIpc) is 2.00. The third-order valence-corrected chi connectivity index (χ3v) is 2.09. The van der Waals surface area contributed by atoms with Gasteiger partial charge in [-0.2, -0.15) is 0 Å². The fourth-order valence-corrected chi connectivity index (χ4v) is 0.601. The minimum atomic E-state index is -0.788. The third-order valence-electron chi connectivity index (χ3n) is 1.03. The van der Waals surface area contributed by atoms with E-state index in [9.17, 15) is 9.59 Å². The Balaban J connectivity index is 3.95. The third kappa shape index (κ3) is 2.47. The van der Waals surface area contributed by atoms with Gasteiger partial charge in [0.15, 0.2) is 0 Å². The van der Waals surface area contributed by atoms with Gasteiger partial charge < -0.3 is 4.74 Å². The summed E-state index contributed by atoms with van der Waals surface area (Å²) in [5, 5.41) is 0. The molecule has 3 nitrogen and oxygen atoms in total. The smallest absolute Gasteiger partial charge is 0.375 e. The summed E-state index contributed by atoms with van der Waals surface area (Å²) in [6, 6.07) is 0. The van der Waals surface area contributed by atoms with Crippen molar-refractivity contribution in [1.82, 2.24) is 0 Å². The van der Waals surface area contributed by atoms with E-state index in [2.05, 4.69) is 20.7 Å². The topological polar surface area (TPSA) is 43.4 Å². The van der Waals surface area contributed by atoms with Gasteiger partial charge in [-0.1, -0.05) is 22.9 Å². The molecule has 0 radical (unpaired) electrons. The van der Waals surface area contributed by atoms with Crippen molar-refractivity contribution in [1.29, 1.82) is 0 Å². The molecule has 0 heterocycles. The van der Waals surface area contributed by atoms with Crippen molar-refractivity contribution >= 4 is 27.7 Å². The fourth-order valence-electron chi connectivity index (χ4n) is 0.414. The van der Waals surface area contributed by atoms with Crippen LogP contribution >= 0.6 is 15.9 Å². The molecule has 58 valence electrons. The van der Waals surface area contributed by atoms with Crippen LogP contribution in [0.25, 0.3) is 0 Å². The van der Waals surface area contributed by atoms with Crippen LogP contribution in [0, 0.1) is 0 Å². The first-order valence-corrected chi connectivity index (χ1v) is 3.81. The summed E-state index contributed by atoms with van der Waals surface area (Å²) in [7, 11) is 1.19. The van der Waals surface area contributed by atoms with Crippen LogP contribution in [0.15, 0.2) is 0 Å². The molecule has 0 bridgehead atoms. The fraction of sp³-hybridized carbons (Fsp3) is 0.667. The van der Waals surface area contributed by atoms with Gasteiger partial charge >= 0.3 is 5.97 Å². The van der Waals surface area contributed by atoms with Crippen LogP contribution in [-0.2, 0) is 14.3 Å². The molecule has 0 spiro atoms. The van der Waals surface area contributed by atoms with Gasteiger partial charge in [-0.15, -0.1) is 0 Å². The van der Waals surface area contributed by atoms with Gasteiger partial charge in [-0.3, -0.25) is 4.79 Å². The van der Waals surface area contributed by atoms with Crippen molar-refractivity contribution in [3.63, 3.8) is 0 Å². The van der Waals surface area contributed by atoms with E-state index in [-0.39, 0.29) is 0 Å². The SMILES string of the molecule is CCC(Br)C(=O)C(=O)OC. The van der Waals surface area contributed by atoms with Crippen LogP contribution in [0.2, 0.25) is 0 Å². The van der Waals surface area contributed by atoms with Gasteiger partial charge in [0.2, 0.25) is 0 Å². The quantitative estimate of drug-likeness (QED) is 0.394.